The molecule has 0 saturated carbocycles. The van der Waals surface area contributed by atoms with E-state index in [2.05, 4.69) is 4.74 Å². The number of hydrogen-bond acceptors (Lipinski definition) is 4. The lowest BCUT2D eigenvalue weighted by atomic mass is 10.4. The van der Waals surface area contributed by atoms with Crippen LogP contribution in [0.25, 0.3) is 0 Å². The number of rotatable bonds is 4. The molecule has 0 rings (SSSR count). The minimum Gasteiger partial charge on any atom is -0.468 e. The zero-order valence-electron chi connectivity index (χ0n) is 6.29. The normalized spacial score (nSPS) is 12.7. The molecule has 2 N–H and O–H groups in total. The second-order valence-electron chi connectivity index (χ2n) is 2.07. The van der Waals surface area contributed by atoms with Gasteiger partial charge in [0.1, 0.15) is 0 Å². The average molecular weight is 163 g/mol. The van der Waals surface area contributed by atoms with Crippen molar-refractivity contribution >= 4 is 17.7 Å². The second kappa shape index (κ2) is 5.56. The molecule has 0 amide bonds. The fourth-order valence-corrected chi connectivity index (χ4v) is 1.16. The lowest BCUT2D eigenvalue weighted by Gasteiger charge is -2.02. The molecule has 0 aliphatic rings. The smallest absolute Gasteiger partial charge is 0.315 e. The Bertz CT molecular complexity index is 106. The lowest BCUT2D eigenvalue weighted by Crippen LogP contribution is -2.18. The van der Waals surface area contributed by atoms with Crippen molar-refractivity contribution in [3.63, 3.8) is 0 Å². The summed E-state index contributed by atoms with van der Waals surface area (Å²) in [5, 5.41) is 0. The van der Waals surface area contributed by atoms with E-state index in [-0.39, 0.29) is 12.0 Å². The highest BCUT2D eigenvalue weighted by atomic mass is 32.2. The van der Waals surface area contributed by atoms with Crippen LogP contribution in [-0.4, -0.2) is 30.6 Å². The van der Waals surface area contributed by atoms with Gasteiger partial charge in [-0.15, -0.1) is 11.8 Å². The molecule has 1 atom stereocenters. The third kappa shape index (κ3) is 5.91. The zero-order valence-corrected chi connectivity index (χ0v) is 7.11. The molecule has 0 spiro atoms. The summed E-state index contributed by atoms with van der Waals surface area (Å²) >= 11 is 1.49. The molecule has 0 aromatic carbocycles. The van der Waals surface area contributed by atoms with E-state index in [1.807, 2.05) is 6.92 Å². The Morgan fingerprint density at radius 2 is 2.40 bits per heavy atom. The van der Waals surface area contributed by atoms with E-state index in [0.29, 0.717) is 5.75 Å². The molecule has 0 aromatic heterocycles. The first-order chi connectivity index (χ1) is 4.66. The standard InChI is InChI=1S/C6H13NO2S/c1-5(7)3-10-4-6(8)9-2/h5H,3-4,7H2,1-2H3. The third-order valence-corrected chi connectivity index (χ3v) is 2.03. The summed E-state index contributed by atoms with van der Waals surface area (Å²) < 4.78 is 4.43. The van der Waals surface area contributed by atoms with Gasteiger partial charge in [0.2, 0.25) is 0 Å². The van der Waals surface area contributed by atoms with Crippen LogP contribution in [0.15, 0.2) is 0 Å². The lowest BCUT2D eigenvalue weighted by molar-refractivity contribution is -0.137. The zero-order chi connectivity index (χ0) is 7.98. The van der Waals surface area contributed by atoms with E-state index < -0.39 is 0 Å². The topological polar surface area (TPSA) is 52.3 Å². The summed E-state index contributed by atoms with van der Waals surface area (Å²) in [6, 6.07) is 0.148. The van der Waals surface area contributed by atoms with Crippen molar-refractivity contribution in [2.75, 3.05) is 18.6 Å². The average Bonchev–Trinajstić information content (AvgIpc) is 1.87. The SMILES string of the molecule is COC(=O)CSCC(C)N. The molecule has 4 heteroatoms. The number of carbonyl (C=O) groups is 1. The summed E-state index contributed by atoms with van der Waals surface area (Å²) in [7, 11) is 1.38. The van der Waals surface area contributed by atoms with Crippen LogP contribution in [0.5, 0.6) is 0 Å². The Balaban J connectivity index is 3.12. The van der Waals surface area contributed by atoms with Gasteiger partial charge in [-0.25, -0.2) is 0 Å². The first-order valence-electron chi connectivity index (χ1n) is 3.07. The van der Waals surface area contributed by atoms with Gasteiger partial charge in [-0.05, 0) is 6.92 Å². The van der Waals surface area contributed by atoms with Crippen molar-refractivity contribution < 1.29 is 9.53 Å². The molecular formula is C6H13NO2S. The van der Waals surface area contributed by atoms with E-state index in [1.165, 1.54) is 18.9 Å². The van der Waals surface area contributed by atoms with Crippen molar-refractivity contribution in [3.05, 3.63) is 0 Å². The maximum Gasteiger partial charge on any atom is 0.315 e. The van der Waals surface area contributed by atoms with E-state index in [9.17, 15) is 4.79 Å². The van der Waals surface area contributed by atoms with Crippen LogP contribution in [0.2, 0.25) is 0 Å². The Hall–Kier alpha value is -0.220. The summed E-state index contributed by atoms with van der Waals surface area (Å²) in [4.78, 5) is 10.5. The Kier molecular flexibility index (Phi) is 5.43. The molecule has 10 heavy (non-hydrogen) atoms. The molecule has 0 saturated heterocycles. The van der Waals surface area contributed by atoms with Crippen molar-refractivity contribution in [3.8, 4) is 0 Å². The molecule has 0 aliphatic carbocycles. The third-order valence-electron chi connectivity index (χ3n) is 0.828. The van der Waals surface area contributed by atoms with E-state index in [1.54, 1.807) is 0 Å². The Morgan fingerprint density at radius 3 is 2.80 bits per heavy atom. The summed E-state index contributed by atoms with van der Waals surface area (Å²) in [5.41, 5.74) is 5.45. The maximum atomic E-state index is 10.5. The predicted molar refractivity (Wildman–Crippen MR) is 43.0 cm³/mol. The Morgan fingerprint density at radius 1 is 1.80 bits per heavy atom. The van der Waals surface area contributed by atoms with Crippen LogP contribution < -0.4 is 5.73 Å². The van der Waals surface area contributed by atoms with Gasteiger partial charge in [0, 0.05) is 11.8 Å². The van der Waals surface area contributed by atoms with Gasteiger partial charge >= 0.3 is 5.97 Å². The van der Waals surface area contributed by atoms with Gasteiger partial charge in [0.05, 0.1) is 12.9 Å². The highest BCUT2D eigenvalue weighted by Crippen LogP contribution is 2.00. The van der Waals surface area contributed by atoms with Crippen molar-refractivity contribution in [1.29, 1.82) is 0 Å². The van der Waals surface area contributed by atoms with Gasteiger partial charge < -0.3 is 10.5 Å². The minimum absolute atomic E-state index is 0.148. The van der Waals surface area contributed by atoms with Crippen molar-refractivity contribution in [2.24, 2.45) is 5.73 Å². The van der Waals surface area contributed by atoms with E-state index >= 15 is 0 Å². The second-order valence-corrected chi connectivity index (χ2v) is 3.10. The van der Waals surface area contributed by atoms with Crippen LogP contribution in [-0.2, 0) is 9.53 Å². The highest BCUT2D eigenvalue weighted by molar-refractivity contribution is 7.99. The first-order valence-corrected chi connectivity index (χ1v) is 4.22. The monoisotopic (exact) mass is 163 g/mol. The first kappa shape index (κ1) is 9.78. The van der Waals surface area contributed by atoms with Gasteiger partial charge in [-0.3, -0.25) is 4.79 Å². The molecule has 0 aromatic rings. The van der Waals surface area contributed by atoms with Crippen LogP contribution in [0.1, 0.15) is 6.92 Å². The largest absolute Gasteiger partial charge is 0.468 e. The minimum atomic E-state index is -0.189. The number of methoxy groups -OCH3 is 1. The molecule has 1 unspecified atom stereocenters. The quantitative estimate of drug-likeness (QED) is 0.603. The van der Waals surface area contributed by atoms with Crippen LogP contribution in [0, 0.1) is 0 Å². The number of esters is 1. The van der Waals surface area contributed by atoms with Gasteiger partial charge in [0.15, 0.2) is 0 Å². The van der Waals surface area contributed by atoms with Gasteiger partial charge in [0.25, 0.3) is 0 Å². The van der Waals surface area contributed by atoms with Gasteiger partial charge in [-0.1, -0.05) is 0 Å². The van der Waals surface area contributed by atoms with Crippen molar-refractivity contribution in [1.82, 2.24) is 0 Å². The molecule has 0 bridgehead atoms. The molecular weight excluding hydrogens is 150 g/mol. The number of thioether (sulfide) groups is 1. The van der Waals surface area contributed by atoms with Crippen LogP contribution in [0.3, 0.4) is 0 Å². The number of ether oxygens (including phenoxy) is 1. The van der Waals surface area contributed by atoms with Crippen LogP contribution >= 0.6 is 11.8 Å². The fraction of sp³-hybridized carbons (Fsp3) is 0.833. The molecule has 0 radical (unpaired) electrons. The maximum absolute atomic E-state index is 10.5. The number of nitrogens with two attached hydrogens (primary N) is 1. The molecule has 0 heterocycles. The van der Waals surface area contributed by atoms with E-state index in [0.717, 1.165) is 5.75 Å². The van der Waals surface area contributed by atoms with Gasteiger partial charge in [-0.2, -0.15) is 0 Å². The number of hydrogen-bond donors (Lipinski definition) is 1. The summed E-state index contributed by atoms with van der Waals surface area (Å²) in [6.45, 7) is 1.91. The van der Waals surface area contributed by atoms with E-state index in [4.69, 9.17) is 5.73 Å². The summed E-state index contributed by atoms with van der Waals surface area (Å²) in [6.07, 6.45) is 0. The molecule has 0 fully saturated rings. The summed E-state index contributed by atoms with van der Waals surface area (Å²) in [5.74, 6) is 1.01. The number of carbonyl (C=O) groups excluding carboxylic acids is 1. The fourth-order valence-electron chi connectivity index (χ4n) is 0.387. The predicted octanol–water partition coefficient (Wildman–Crippen LogP) is 0.240. The molecule has 60 valence electrons. The molecule has 0 aliphatic heterocycles. The Labute approximate surface area is 65.3 Å². The highest BCUT2D eigenvalue weighted by Gasteiger charge is 2.00. The van der Waals surface area contributed by atoms with Crippen molar-refractivity contribution in [2.45, 2.75) is 13.0 Å². The van der Waals surface area contributed by atoms with Crippen LogP contribution in [0.4, 0.5) is 0 Å². The molecule has 3 nitrogen and oxygen atoms in total.